The lowest BCUT2D eigenvalue weighted by Crippen LogP contribution is -2.03. The van der Waals surface area contributed by atoms with E-state index in [0.29, 0.717) is 6.26 Å². The zero-order chi connectivity index (χ0) is 9.35. The molecular weight excluding hydrogens is 195 g/mol. The van der Waals surface area contributed by atoms with Crippen LogP contribution in [-0.4, -0.2) is 0 Å². The molecule has 0 aromatic carbocycles. The third-order valence-electron chi connectivity index (χ3n) is 1.11. The molecule has 0 radical (unpaired) electrons. The van der Waals surface area contributed by atoms with Gasteiger partial charge in [0.25, 0.3) is 0 Å². The maximum Gasteiger partial charge on any atom is 0.412 e. The molecule has 6 heteroatoms. The topological polar surface area (TPSA) is 17.5 Å². The van der Waals surface area contributed by atoms with Crippen molar-refractivity contribution in [2.24, 2.45) is 0 Å². The molecule has 1 heterocycles. The Kier molecular flexibility index (Phi) is 2.02. The molecule has 0 saturated carbocycles. The molecule has 64 valence electrons. The Morgan fingerprint density at radius 2 is 2.08 bits per heavy atom. The first kappa shape index (κ1) is 8.94. The predicted molar refractivity (Wildman–Crippen MR) is 35.0 cm³/mol. The fourth-order valence-corrected chi connectivity index (χ4v) is 0.899. The van der Waals surface area contributed by atoms with Crippen LogP contribution < -0.4 is 0 Å². The van der Waals surface area contributed by atoms with Crippen LogP contribution in [0.3, 0.4) is 0 Å². The summed E-state index contributed by atoms with van der Waals surface area (Å²) in [4.78, 5) is 2.54. The first-order valence-corrected chi connectivity index (χ1v) is 3.06. The van der Waals surface area contributed by atoms with Gasteiger partial charge in [-0.25, -0.2) is 0 Å². The van der Waals surface area contributed by atoms with E-state index < -0.39 is 22.6 Å². The van der Waals surface area contributed by atoms with Crippen molar-refractivity contribution in [3.05, 3.63) is 28.3 Å². The zero-order valence-corrected chi connectivity index (χ0v) is 6.20. The van der Waals surface area contributed by atoms with Crippen molar-refractivity contribution in [2.45, 2.75) is 6.18 Å². The Labute approximate surface area is 70.4 Å². The number of hydrogen-bond acceptors (Lipinski definition) is 1. The SMILES string of the molecule is [C-]#[N+]c1occ(Cl)c1C(F)(F)F. The first-order valence-electron chi connectivity index (χ1n) is 2.68. The summed E-state index contributed by atoms with van der Waals surface area (Å²) in [7, 11) is 0. The lowest BCUT2D eigenvalue weighted by atomic mass is 10.3. The molecule has 1 aromatic rings. The van der Waals surface area contributed by atoms with Gasteiger partial charge >= 0.3 is 12.1 Å². The van der Waals surface area contributed by atoms with Crippen LogP contribution in [0.1, 0.15) is 5.56 Å². The molecule has 0 amide bonds. The average Bonchev–Trinajstić information content (AvgIpc) is 2.29. The minimum Gasteiger partial charge on any atom is -0.485 e. The summed E-state index contributed by atoms with van der Waals surface area (Å²) in [5, 5.41) is -0.589. The van der Waals surface area contributed by atoms with Crippen LogP contribution in [0.2, 0.25) is 5.02 Å². The van der Waals surface area contributed by atoms with E-state index in [0.717, 1.165) is 0 Å². The third kappa shape index (κ3) is 1.38. The van der Waals surface area contributed by atoms with E-state index >= 15 is 0 Å². The second-order valence-corrected chi connectivity index (χ2v) is 2.28. The molecule has 2 nitrogen and oxygen atoms in total. The van der Waals surface area contributed by atoms with Gasteiger partial charge in [0.2, 0.25) is 0 Å². The van der Waals surface area contributed by atoms with E-state index in [1.54, 1.807) is 0 Å². The van der Waals surface area contributed by atoms with Gasteiger partial charge in [-0.3, -0.25) is 0 Å². The maximum atomic E-state index is 12.0. The van der Waals surface area contributed by atoms with Gasteiger partial charge in [0.1, 0.15) is 5.56 Å². The largest absolute Gasteiger partial charge is 0.485 e. The van der Waals surface area contributed by atoms with Gasteiger partial charge in [0.05, 0.1) is 17.9 Å². The Morgan fingerprint density at radius 1 is 1.50 bits per heavy atom. The van der Waals surface area contributed by atoms with Gasteiger partial charge in [0, 0.05) is 0 Å². The Balaban J connectivity index is 3.32. The number of furan rings is 1. The normalized spacial score (nSPS) is 11.2. The van der Waals surface area contributed by atoms with Crippen LogP contribution in [0.5, 0.6) is 0 Å². The third-order valence-corrected chi connectivity index (χ3v) is 1.39. The van der Waals surface area contributed by atoms with Crippen LogP contribution in [0.25, 0.3) is 4.85 Å². The summed E-state index contributed by atoms with van der Waals surface area (Å²) in [6.45, 7) is 6.35. The fraction of sp³-hybridized carbons (Fsp3) is 0.167. The van der Waals surface area contributed by atoms with Gasteiger partial charge in [-0.2, -0.15) is 18.0 Å². The highest BCUT2D eigenvalue weighted by Crippen LogP contribution is 2.42. The molecule has 0 bridgehead atoms. The van der Waals surface area contributed by atoms with Crippen molar-refractivity contribution >= 4 is 17.5 Å². The Hall–Kier alpha value is -1.15. The highest BCUT2D eigenvalue weighted by atomic mass is 35.5. The molecule has 0 aliphatic rings. The van der Waals surface area contributed by atoms with E-state index in [1.807, 2.05) is 0 Å². The van der Waals surface area contributed by atoms with Crippen molar-refractivity contribution < 1.29 is 17.6 Å². The van der Waals surface area contributed by atoms with Crippen LogP contribution in [-0.2, 0) is 6.18 Å². The van der Waals surface area contributed by atoms with Crippen LogP contribution in [0.15, 0.2) is 10.7 Å². The van der Waals surface area contributed by atoms with E-state index in [2.05, 4.69) is 9.26 Å². The molecule has 0 spiro atoms. The van der Waals surface area contributed by atoms with Crippen LogP contribution in [0, 0.1) is 6.57 Å². The molecule has 1 rings (SSSR count). The molecule has 0 atom stereocenters. The van der Waals surface area contributed by atoms with Gasteiger partial charge in [-0.1, -0.05) is 11.6 Å². The van der Waals surface area contributed by atoms with Crippen molar-refractivity contribution in [1.29, 1.82) is 0 Å². The minimum absolute atomic E-state index is 0.589. The summed E-state index contributed by atoms with van der Waals surface area (Å²) in [6.07, 6.45) is -3.94. The smallest absolute Gasteiger partial charge is 0.412 e. The number of rotatable bonds is 0. The predicted octanol–water partition coefficient (Wildman–Crippen LogP) is 3.50. The maximum absolute atomic E-state index is 12.0. The molecular formula is C6HClF3NO. The summed E-state index contributed by atoms with van der Waals surface area (Å²) < 4.78 is 40.4. The zero-order valence-electron chi connectivity index (χ0n) is 5.44. The summed E-state index contributed by atoms with van der Waals surface area (Å²) in [5.74, 6) is -0.826. The van der Waals surface area contributed by atoms with Crippen molar-refractivity contribution in [2.75, 3.05) is 0 Å². The van der Waals surface area contributed by atoms with E-state index in [4.69, 9.17) is 18.2 Å². The molecule has 0 saturated heterocycles. The van der Waals surface area contributed by atoms with Crippen LogP contribution in [0.4, 0.5) is 19.1 Å². The lowest BCUT2D eigenvalue weighted by Gasteiger charge is -2.02. The first-order chi connectivity index (χ1) is 5.46. The molecule has 0 aliphatic carbocycles. The molecule has 0 fully saturated rings. The highest BCUT2D eigenvalue weighted by Gasteiger charge is 2.38. The van der Waals surface area contributed by atoms with Crippen molar-refractivity contribution in [1.82, 2.24) is 0 Å². The van der Waals surface area contributed by atoms with Crippen LogP contribution >= 0.6 is 11.6 Å². The highest BCUT2D eigenvalue weighted by molar-refractivity contribution is 6.31. The van der Waals surface area contributed by atoms with E-state index in [9.17, 15) is 13.2 Å². The van der Waals surface area contributed by atoms with Crippen molar-refractivity contribution in [3.63, 3.8) is 0 Å². The van der Waals surface area contributed by atoms with Crippen molar-refractivity contribution in [3.8, 4) is 0 Å². The summed E-state index contributed by atoms with van der Waals surface area (Å²) in [5.41, 5.74) is -1.21. The fourth-order valence-electron chi connectivity index (χ4n) is 0.666. The van der Waals surface area contributed by atoms with E-state index in [-0.39, 0.29) is 0 Å². The Bertz CT molecular complexity index is 336. The van der Waals surface area contributed by atoms with Gasteiger partial charge in [-0.15, -0.1) is 0 Å². The Morgan fingerprint density at radius 3 is 2.42 bits per heavy atom. The number of alkyl halides is 3. The molecule has 0 aliphatic heterocycles. The van der Waals surface area contributed by atoms with Gasteiger partial charge in [-0.05, 0) is 0 Å². The lowest BCUT2D eigenvalue weighted by molar-refractivity contribution is -0.136. The summed E-state index contributed by atoms with van der Waals surface area (Å²) in [6, 6.07) is 0. The number of halogens is 4. The molecule has 1 aromatic heterocycles. The van der Waals surface area contributed by atoms with Gasteiger partial charge in [0.15, 0.2) is 0 Å². The second-order valence-electron chi connectivity index (χ2n) is 1.87. The number of hydrogen-bond donors (Lipinski definition) is 0. The average molecular weight is 196 g/mol. The number of nitrogens with zero attached hydrogens (tertiary/aromatic N) is 1. The molecule has 0 unspecified atom stereocenters. The summed E-state index contributed by atoms with van der Waals surface area (Å²) >= 11 is 5.15. The molecule has 12 heavy (non-hydrogen) atoms. The second kappa shape index (κ2) is 2.72. The van der Waals surface area contributed by atoms with E-state index in [1.165, 1.54) is 0 Å². The quantitative estimate of drug-likeness (QED) is 0.579. The minimum atomic E-state index is -4.63. The molecule has 0 N–H and O–H groups in total. The van der Waals surface area contributed by atoms with Gasteiger partial charge < -0.3 is 4.42 Å². The monoisotopic (exact) mass is 195 g/mol. The standard InChI is InChI=1S/C6HClF3NO/c1-11-5-4(6(8,9)10)3(7)2-12-5/h2H.